The summed E-state index contributed by atoms with van der Waals surface area (Å²) in [7, 11) is 0. The van der Waals surface area contributed by atoms with Crippen molar-refractivity contribution in [3.8, 4) is 0 Å². The quantitative estimate of drug-likeness (QED) is 0.629. The Kier molecular flexibility index (Phi) is 2.21. The third-order valence-corrected chi connectivity index (χ3v) is 2.25. The molecule has 1 aromatic rings. The molecule has 0 saturated carbocycles. The topological polar surface area (TPSA) is 29.4 Å². The van der Waals surface area contributed by atoms with Crippen LogP contribution in [0.15, 0.2) is 29.3 Å². The van der Waals surface area contributed by atoms with Crippen molar-refractivity contribution in [2.24, 2.45) is 4.99 Å². The van der Waals surface area contributed by atoms with E-state index < -0.39 is 0 Å². The molecule has 2 rings (SSSR count). The Labute approximate surface area is 77.3 Å². The number of hydrogen-bond acceptors (Lipinski definition) is 2. The molecule has 0 atom stereocenters. The van der Waals surface area contributed by atoms with Gasteiger partial charge >= 0.3 is 0 Å². The first-order valence-corrected chi connectivity index (χ1v) is 4.49. The maximum Gasteiger partial charge on any atom is 0.150 e. The van der Waals surface area contributed by atoms with Gasteiger partial charge in [-0.25, -0.2) is 0 Å². The fourth-order valence-electron chi connectivity index (χ4n) is 1.53. The minimum Gasteiger partial charge on any atom is -0.298 e. The number of carbonyl (C=O) groups excluding carboxylic acids is 1. The monoisotopic (exact) mass is 173 g/mol. The number of benzene rings is 1. The molecule has 66 valence electrons. The van der Waals surface area contributed by atoms with Gasteiger partial charge < -0.3 is 0 Å². The summed E-state index contributed by atoms with van der Waals surface area (Å²) in [5, 5.41) is 0. The summed E-state index contributed by atoms with van der Waals surface area (Å²) in [6.07, 6.45) is 3.09. The lowest BCUT2D eigenvalue weighted by Crippen LogP contribution is -1.95. The van der Waals surface area contributed by atoms with Gasteiger partial charge in [0.05, 0.1) is 0 Å². The first kappa shape index (κ1) is 8.17. The maximum atomic E-state index is 10.4. The van der Waals surface area contributed by atoms with E-state index >= 15 is 0 Å². The van der Waals surface area contributed by atoms with Gasteiger partial charge in [-0.2, -0.15) is 0 Å². The maximum absolute atomic E-state index is 10.4. The van der Waals surface area contributed by atoms with Crippen molar-refractivity contribution in [2.45, 2.75) is 12.8 Å². The Morgan fingerprint density at radius 2 is 2.00 bits per heavy atom. The summed E-state index contributed by atoms with van der Waals surface area (Å²) in [5.74, 6) is 0. The average Bonchev–Trinajstić information content (AvgIpc) is 2.71. The summed E-state index contributed by atoms with van der Waals surface area (Å²) in [6, 6.07) is 7.61. The standard InChI is InChI=1S/C11H11NO/c13-8-9-3-5-10(6-4-9)11-2-1-7-12-11/h3-6,8H,1-2,7H2. The van der Waals surface area contributed by atoms with E-state index in [0.717, 1.165) is 36.8 Å². The van der Waals surface area contributed by atoms with Crippen LogP contribution in [0.3, 0.4) is 0 Å². The van der Waals surface area contributed by atoms with Gasteiger partial charge in [0, 0.05) is 17.8 Å². The van der Waals surface area contributed by atoms with E-state index in [1.54, 1.807) is 0 Å². The molecule has 2 nitrogen and oxygen atoms in total. The molecule has 0 saturated heterocycles. The number of carbonyl (C=O) groups is 1. The van der Waals surface area contributed by atoms with Crippen LogP contribution in [0, 0.1) is 0 Å². The molecular weight excluding hydrogens is 162 g/mol. The second-order valence-corrected chi connectivity index (χ2v) is 3.17. The molecule has 0 aromatic heterocycles. The molecule has 1 aromatic carbocycles. The SMILES string of the molecule is O=Cc1ccc(C2=NCCC2)cc1. The zero-order valence-electron chi connectivity index (χ0n) is 7.36. The summed E-state index contributed by atoms with van der Waals surface area (Å²) in [5.41, 5.74) is 3.06. The number of nitrogens with zero attached hydrogens (tertiary/aromatic N) is 1. The normalized spacial score (nSPS) is 15.5. The molecule has 1 aliphatic rings. The van der Waals surface area contributed by atoms with Crippen molar-refractivity contribution < 1.29 is 4.79 Å². The van der Waals surface area contributed by atoms with E-state index in [0.29, 0.717) is 0 Å². The molecular formula is C11H11NO. The van der Waals surface area contributed by atoms with Crippen LogP contribution in [0.25, 0.3) is 0 Å². The summed E-state index contributed by atoms with van der Waals surface area (Å²) >= 11 is 0. The molecule has 1 aliphatic heterocycles. The molecule has 0 amide bonds. The van der Waals surface area contributed by atoms with E-state index in [9.17, 15) is 4.79 Å². The smallest absolute Gasteiger partial charge is 0.150 e. The van der Waals surface area contributed by atoms with Gasteiger partial charge in [0.15, 0.2) is 0 Å². The number of hydrogen-bond donors (Lipinski definition) is 0. The zero-order chi connectivity index (χ0) is 9.10. The highest BCUT2D eigenvalue weighted by Crippen LogP contribution is 2.13. The Morgan fingerprint density at radius 1 is 1.23 bits per heavy atom. The van der Waals surface area contributed by atoms with Crippen LogP contribution >= 0.6 is 0 Å². The first-order valence-electron chi connectivity index (χ1n) is 4.49. The van der Waals surface area contributed by atoms with E-state index in [-0.39, 0.29) is 0 Å². The van der Waals surface area contributed by atoms with Crippen molar-refractivity contribution in [3.63, 3.8) is 0 Å². The molecule has 13 heavy (non-hydrogen) atoms. The second kappa shape index (κ2) is 3.52. The molecule has 0 fully saturated rings. The molecule has 1 heterocycles. The van der Waals surface area contributed by atoms with Crippen LogP contribution in [0.2, 0.25) is 0 Å². The van der Waals surface area contributed by atoms with Crippen LogP contribution in [0.1, 0.15) is 28.8 Å². The Balaban J connectivity index is 2.26. The number of aliphatic imine (C=N–C) groups is 1. The van der Waals surface area contributed by atoms with Crippen LogP contribution in [-0.2, 0) is 0 Å². The molecule has 0 aliphatic carbocycles. The van der Waals surface area contributed by atoms with Crippen molar-refractivity contribution in [3.05, 3.63) is 35.4 Å². The van der Waals surface area contributed by atoms with E-state index in [1.807, 2.05) is 24.3 Å². The highest BCUT2D eigenvalue weighted by atomic mass is 16.1. The fraction of sp³-hybridized carbons (Fsp3) is 0.273. The van der Waals surface area contributed by atoms with Crippen LogP contribution in [0.4, 0.5) is 0 Å². The number of aldehydes is 1. The highest BCUT2D eigenvalue weighted by molar-refractivity contribution is 6.01. The summed E-state index contributed by atoms with van der Waals surface area (Å²) in [6.45, 7) is 0.949. The third kappa shape index (κ3) is 1.66. The van der Waals surface area contributed by atoms with Gasteiger partial charge in [0.1, 0.15) is 6.29 Å². The lowest BCUT2D eigenvalue weighted by molar-refractivity contribution is 0.112. The van der Waals surface area contributed by atoms with Gasteiger partial charge in [0.2, 0.25) is 0 Å². The van der Waals surface area contributed by atoms with Gasteiger partial charge in [-0.05, 0) is 18.4 Å². The zero-order valence-corrected chi connectivity index (χ0v) is 7.36. The van der Waals surface area contributed by atoms with Crippen molar-refractivity contribution in [2.75, 3.05) is 6.54 Å². The van der Waals surface area contributed by atoms with Crippen molar-refractivity contribution in [1.82, 2.24) is 0 Å². The Hall–Kier alpha value is -1.44. The molecule has 0 bridgehead atoms. The van der Waals surface area contributed by atoms with Gasteiger partial charge in [0.25, 0.3) is 0 Å². The minimum atomic E-state index is 0.724. The summed E-state index contributed by atoms with van der Waals surface area (Å²) in [4.78, 5) is 14.8. The molecule has 0 radical (unpaired) electrons. The molecule has 2 heteroatoms. The van der Waals surface area contributed by atoms with Gasteiger partial charge in [-0.3, -0.25) is 9.79 Å². The van der Waals surface area contributed by atoms with E-state index in [1.165, 1.54) is 5.71 Å². The second-order valence-electron chi connectivity index (χ2n) is 3.17. The average molecular weight is 173 g/mol. The molecule has 0 unspecified atom stereocenters. The predicted molar refractivity (Wildman–Crippen MR) is 52.5 cm³/mol. The predicted octanol–water partition coefficient (Wildman–Crippen LogP) is 2.08. The van der Waals surface area contributed by atoms with E-state index in [2.05, 4.69) is 4.99 Å². The summed E-state index contributed by atoms with van der Waals surface area (Å²) < 4.78 is 0. The van der Waals surface area contributed by atoms with Crippen LogP contribution in [0.5, 0.6) is 0 Å². The Morgan fingerprint density at radius 3 is 2.54 bits per heavy atom. The largest absolute Gasteiger partial charge is 0.298 e. The van der Waals surface area contributed by atoms with Crippen LogP contribution in [-0.4, -0.2) is 18.5 Å². The first-order chi connectivity index (χ1) is 6.40. The number of rotatable bonds is 2. The van der Waals surface area contributed by atoms with Gasteiger partial charge in [-0.1, -0.05) is 24.3 Å². The third-order valence-electron chi connectivity index (χ3n) is 2.25. The lowest BCUT2D eigenvalue weighted by atomic mass is 10.1. The molecule has 0 N–H and O–H groups in total. The minimum absolute atomic E-state index is 0.724. The van der Waals surface area contributed by atoms with Crippen molar-refractivity contribution in [1.29, 1.82) is 0 Å². The van der Waals surface area contributed by atoms with Crippen molar-refractivity contribution >= 4 is 12.0 Å². The Bertz CT molecular complexity index is 338. The fourth-order valence-corrected chi connectivity index (χ4v) is 1.53. The van der Waals surface area contributed by atoms with Crippen LogP contribution < -0.4 is 0 Å². The molecule has 0 spiro atoms. The highest BCUT2D eigenvalue weighted by Gasteiger charge is 2.07. The lowest BCUT2D eigenvalue weighted by Gasteiger charge is -1.99. The van der Waals surface area contributed by atoms with Gasteiger partial charge in [-0.15, -0.1) is 0 Å². The van der Waals surface area contributed by atoms with E-state index in [4.69, 9.17) is 0 Å².